The molecule has 0 aromatic heterocycles. The minimum absolute atomic E-state index is 0.0381. The van der Waals surface area contributed by atoms with E-state index < -0.39 is 6.04 Å². The molecule has 1 nitrogen and oxygen atoms in total. The normalized spacial score (nSPS) is 14.3. The highest BCUT2D eigenvalue weighted by Crippen LogP contribution is 2.49. The predicted octanol–water partition coefficient (Wildman–Crippen LogP) is 12.5. The third-order valence-electron chi connectivity index (χ3n) is 9.19. The van der Waals surface area contributed by atoms with Crippen LogP contribution in [0.4, 0.5) is 17.1 Å². The van der Waals surface area contributed by atoms with Gasteiger partial charge >= 0.3 is 0 Å². The molecule has 0 atom stereocenters. The maximum atomic E-state index is 8.41. The molecule has 220 valence electrons. The van der Waals surface area contributed by atoms with Crippen molar-refractivity contribution in [3.05, 3.63) is 187 Å². The average Bonchev–Trinajstić information content (AvgIpc) is 3.40. The lowest BCUT2D eigenvalue weighted by molar-refractivity contribution is 0.660. The summed E-state index contributed by atoms with van der Waals surface area (Å²) in [6, 6.07) is 48.9. The monoisotopic (exact) mass is 594 g/mol. The van der Waals surface area contributed by atoms with Gasteiger partial charge in [0.1, 0.15) is 0 Å². The van der Waals surface area contributed by atoms with E-state index in [1.165, 1.54) is 33.4 Å². The van der Waals surface area contributed by atoms with Gasteiger partial charge in [0, 0.05) is 22.5 Å². The highest BCUT2D eigenvalue weighted by atomic mass is 15.1. The molecule has 0 unspecified atom stereocenters. The second-order valence-electron chi connectivity index (χ2n) is 12.3. The number of benzene rings is 7. The zero-order valence-electron chi connectivity index (χ0n) is 30.8. The number of rotatable bonds is 6. The van der Waals surface area contributed by atoms with Gasteiger partial charge in [-0.15, -0.1) is 0 Å². The van der Waals surface area contributed by atoms with Crippen LogP contribution in [-0.4, -0.2) is 0 Å². The van der Waals surface area contributed by atoms with Crippen LogP contribution in [-0.2, 0) is 5.41 Å². The molecule has 1 aliphatic rings. The van der Waals surface area contributed by atoms with Crippen LogP contribution < -0.4 is 4.90 Å². The summed E-state index contributed by atoms with van der Waals surface area (Å²) in [6.45, 7) is 4.62. The van der Waals surface area contributed by atoms with Crippen LogP contribution in [0.25, 0.3) is 44.5 Å². The number of hydrogen-bond acceptors (Lipinski definition) is 1. The van der Waals surface area contributed by atoms with Crippen LogP contribution in [0.5, 0.6) is 0 Å². The zero-order valence-corrected chi connectivity index (χ0v) is 25.8. The van der Waals surface area contributed by atoms with Crippen molar-refractivity contribution in [1.82, 2.24) is 0 Å². The molecule has 7 aromatic rings. The molecule has 1 aliphatic carbocycles. The molecule has 0 bridgehead atoms. The molecular weight excluding hydrogens is 555 g/mol. The first-order chi connectivity index (χ1) is 24.6. The van der Waals surface area contributed by atoms with Crippen LogP contribution in [0.15, 0.2) is 176 Å². The van der Waals surface area contributed by atoms with Crippen molar-refractivity contribution in [3.63, 3.8) is 0 Å². The van der Waals surface area contributed by atoms with Crippen LogP contribution >= 0.6 is 0 Å². The standard InChI is InChI=1S/C45H35N/c1-45(2)43-16-10-9-15-41(43)42-30-25-37(31-44(42)45)36-19-17-33(18-20-36)35-23-28-40(29-24-35)46(38-13-7-4-8-14-38)39-26-21-34(22-27-39)32-11-5-3-6-12-32/h3-31H,1-2H3/i3D,5D,6D,11D,12D. The van der Waals surface area contributed by atoms with Crippen molar-refractivity contribution in [2.24, 2.45) is 0 Å². The highest BCUT2D eigenvalue weighted by Gasteiger charge is 2.35. The van der Waals surface area contributed by atoms with Gasteiger partial charge in [-0.05, 0) is 98.1 Å². The fraction of sp³-hybridized carbons (Fsp3) is 0.0667. The maximum Gasteiger partial charge on any atom is 0.0629 e. The largest absolute Gasteiger partial charge is 0.311 e. The second kappa shape index (κ2) is 11.4. The Kier molecular flexibility index (Phi) is 5.63. The third-order valence-corrected chi connectivity index (χ3v) is 9.19. The van der Waals surface area contributed by atoms with Crippen LogP contribution in [0.1, 0.15) is 31.8 Å². The number of anilines is 3. The van der Waals surface area contributed by atoms with Crippen LogP contribution in [0.2, 0.25) is 0 Å². The van der Waals surface area contributed by atoms with E-state index in [0.717, 1.165) is 28.2 Å². The van der Waals surface area contributed by atoms with Gasteiger partial charge in [-0.2, -0.15) is 0 Å². The van der Waals surface area contributed by atoms with Gasteiger partial charge < -0.3 is 4.90 Å². The number of fused-ring (bicyclic) bond motifs is 3. The summed E-state index contributed by atoms with van der Waals surface area (Å²) < 4.78 is 40.9. The number of nitrogens with zero attached hydrogens (tertiary/aromatic N) is 1. The molecule has 0 radical (unpaired) electrons. The van der Waals surface area contributed by atoms with Crippen molar-refractivity contribution in [3.8, 4) is 44.5 Å². The lowest BCUT2D eigenvalue weighted by Gasteiger charge is -2.26. The van der Waals surface area contributed by atoms with Gasteiger partial charge in [0.05, 0.1) is 6.85 Å². The first-order valence-electron chi connectivity index (χ1n) is 18.1. The average molecular weight is 595 g/mol. The Morgan fingerprint density at radius 3 is 1.50 bits per heavy atom. The lowest BCUT2D eigenvalue weighted by atomic mass is 9.81. The van der Waals surface area contributed by atoms with E-state index in [1.54, 1.807) is 0 Å². The summed E-state index contributed by atoms with van der Waals surface area (Å²) in [5, 5.41) is 0. The van der Waals surface area contributed by atoms with Crippen molar-refractivity contribution in [2.45, 2.75) is 19.3 Å². The van der Waals surface area contributed by atoms with Gasteiger partial charge in [-0.25, -0.2) is 0 Å². The van der Waals surface area contributed by atoms with E-state index in [4.69, 9.17) is 6.85 Å². The van der Waals surface area contributed by atoms with Crippen molar-refractivity contribution >= 4 is 17.1 Å². The fourth-order valence-corrected chi connectivity index (χ4v) is 6.74. The lowest BCUT2D eigenvalue weighted by Crippen LogP contribution is -2.14. The molecule has 0 amide bonds. The molecular formula is C45H35N. The van der Waals surface area contributed by atoms with E-state index in [2.05, 4.69) is 122 Å². The molecule has 0 heterocycles. The van der Waals surface area contributed by atoms with E-state index in [-0.39, 0.29) is 35.1 Å². The van der Waals surface area contributed by atoms with E-state index >= 15 is 0 Å². The molecule has 0 saturated heterocycles. The molecule has 46 heavy (non-hydrogen) atoms. The maximum absolute atomic E-state index is 8.41. The van der Waals surface area contributed by atoms with Crippen LogP contribution in [0, 0.1) is 0 Å². The molecule has 0 spiro atoms. The first kappa shape index (κ1) is 22.8. The Morgan fingerprint density at radius 2 is 0.870 bits per heavy atom. The van der Waals surface area contributed by atoms with Crippen molar-refractivity contribution in [1.29, 1.82) is 0 Å². The number of para-hydroxylation sites is 1. The zero-order chi connectivity index (χ0) is 35.4. The Hall–Kier alpha value is -5.66. The van der Waals surface area contributed by atoms with E-state index in [1.807, 2.05) is 42.5 Å². The minimum atomic E-state index is -0.394. The summed E-state index contributed by atoms with van der Waals surface area (Å²) in [5.74, 6) is 0. The van der Waals surface area contributed by atoms with Gasteiger partial charge in [-0.1, -0.05) is 147 Å². The molecule has 0 aliphatic heterocycles. The number of hydrogen-bond donors (Lipinski definition) is 0. The van der Waals surface area contributed by atoms with Crippen molar-refractivity contribution < 1.29 is 6.85 Å². The van der Waals surface area contributed by atoms with Crippen molar-refractivity contribution in [2.75, 3.05) is 4.90 Å². The second-order valence-corrected chi connectivity index (χ2v) is 12.3. The summed E-state index contributed by atoms with van der Waals surface area (Å²) in [7, 11) is 0. The summed E-state index contributed by atoms with van der Waals surface area (Å²) in [6.07, 6.45) is 0. The summed E-state index contributed by atoms with van der Waals surface area (Å²) in [4.78, 5) is 2.15. The van der Waals surface area contributed by atoms with Gasteiger partial charge in [0.2, 0.25) is 0 Å². The SMILES string of the molecule is [2H]c1c([2H])c([2H])c(-c2ccc(N(c3ccccc3)c3ccc(-c4ccc(-c5ccc6c(c5)C(C)(C)c5ccccc5-6)cc4)cc3)cc2)c([2H])c1[2H]. The third kappa shape index (κ3) is 4.91. The predicted molar refractivity (Wildman–Crippen MR) is 195 cm³/mol. The Bertz CT molecular complexity index is 2390. The minimum Gasteiger partial charge on any atom is -0.311 e. The first-order valence-corrected chi connectivity index (χ1v) is 15.6. The molecule has 0 fully saturated rings. The topological polar surface area (TPSA) is 3.24 Å². The van der Waals surface area contributed by atoms with Gasteiger partial charge in [0.15, 0.2) is 0 Å². The molecule has 0 N–H and O–H groups in total. The Morgan fingerprint density at radius 1 is 0.413 bits per heavy atom. The van der Waals surface area contributed by atoms with Crippen LogP contribution in [0.3, 0.4) is 0 Å². The molecule has 1 heteroatoms. The van der Waals surface area contributed by atoms with E-state index in [9.17, 15) is 0 Å². The smallest absolute Gasteiger partial charge is 0.0629 e. The highest BCUT2D eigenvalue weighted by molar-refractivity contribution is 5.84. The van der Waals surface area contributed by atoms with Gasteiger partial charge in [-0.3, -0.25) is 0 Å². The summed E-state index contributed by atoms with van der Waals surface area (Å²) >= 11 is 0. The molecule has 8 rings (SSSR count). The summed E-state index contributed by atoms with van der Waals surface area (Å²) in [5.41, 5.74) is 13.6. The Labute approximate surface area is 279 Å². The van der Waals surface area contributed by atoms with E-state index in [0.29, 0.717) is 5.56 Å². The molecule has 7 aromatic carbocycles. The Balaban J connectivity index is 1.08. The quantitative estimate of drug-likeness (QED) is 0.185. The fourth-order valence-electron chi connectivity index (χ4n) is 6.74. The molecule has 0 saturated carbocycles. The van der Waals surface area contributed by atoms with Gasteiger partial charge in [0.25, 0.3) is 0 Å².